The van der Waals surface area contributed by atoms with E-state index in [1.807, 2.05) is 23.5 Å². The van der Waals surface area contributed by atoms with Crippen LogP contribution in [-0.4, -0.2) is 16.6 Å². The van der Waals surface area contributed by atoms with Crippen LogP contribution in [-0.2, 0) is 0 Å². The standard InChI is InChI=1S/C6H13S2/c1-5-6(2,7-3)8-4/h2,5H2,1,3-4H3. The van der Waals surface area contributed by atoms with E-state index in [0.717, 1.165) is 6.42 Å². The van der Waals surface area contributed by atoms with Crippen LogP contribution in [0.5, 0.6) is 0 Å². The van der Waals surface area contributed by atoms with Crippen LogP contribution in [0.4, 0.5) is 0 Å². The predicted octanol–water partition coefficient (Wildman–Crippen LogP) is 2.65. The predicted molar refractivity (Wildman–Crippen MR) is 45.4 cm³/mol. The first kappa shape index (κ1) is 8.70. The maximum absolute atomic E-state index is 4.05. The molecule has 0 saturated carbocycles. The van der Waals surface area contributed by atoms with E-state index in [-0.39, 0.29) is 4.08 Å². The van der Waals surface area contributed by atoms with E-state index < -0.39 is 0 Å². The molecule has 0 saturated heterocycles. The molecule has 0 atom stereocenters. The summed E-state index contributed by atoms with van der Waals surface area (Å²) in [5.74, 6) is 0. The van der Waals surface area contributed by atoms with Gasteiger partial charge in [0.05, 0.1) is 4.08 Å². The van der Waals surface area contributed by atoms with Crippen LogP contribution in [0, 0.1) is 6.92 Å². The third-order valence-corrected chi connectivity index (χ3v) is 4.35. The minimum atomic E-state index is 0.208. The Kier molecular flexibility index (Phi) is 4.00. The van der Waals surface area contributed by atoms with Gasteiger partial charge in [-0.1, -0.05) is 6.92 Å². The molecule has 0 heterocycles. The molecule has 2 heteroatoms. The molecule has 0 aliphatic carbocycles. The number of rotatable bonds is 3. The van der Waals surface area contributed by atoms with Crippen molar-refractivity contribution in [2.45, 2.75) is 17.4 Å². The Morgan fingerprint density at radius 1 is 1.38 bits per heavy atom. The number of hydrogen-bond acceptors (Lipinski definition) is 2. The second-order valence-corrected chi connectivity index (χ2v) is 4.31. The van der Waals surface area contributed by atoms with Gasteiger partial charge in [-0.3, -0.25) is 0 Å². The molecule has 0 unspecified atom stereocenters. The van der Waals surface area contributed by atoms with E-state index in [4.69, 9.17) is 0 Å². The smallest absolute Gasteiger partial charge is 0.0603 e. The zero-order chi connectivity index (χ0) is 6.62. The highest BCUT2D eigenvalue weighted by atomic mass is 32.2. The molecule has 0 aromatic rings. The lowest BCUT2D eigenvalue weighted by Gasteiger charge is -2.22. The second kappa shape index (κ2) is 3.67. The van der Waals surface area contributed by atoms with Gasteiger partial charge in [0.1, 0.15) is 0 Å². The summed E-state index contributed by atoms with van der Waals surface area (Å²) in [6.45, 7) is 6.22. The Bertz CT molecular complexity index is 49.3. The van der Waals surface area contributed by atoms with Crippen molar-refractivity contribution in [3.8, 4) is 0 Å². The van der Waals surface area contributed by atoms with Gasteiger partial charge >= 0.3 is 0 Å². The topological polar surface area (TPSA) is 0 Å². The normalized spacial score (nSPS) is 12.0. The third-order valence-electron chi connectivity index (χ3n) is 1.28. The van der Waals surface area contributed by atoms with E-state index in [1.165, 1.54) is 0 Å². The molecule has 0 aromatic carbocycles. The van der Waals surface area contributed by atoms with Gasteiger partial charge in [-0.15, -0.1) is 23.5 Å². The lowest BCUT2D eigenvalue weighted by molar-refractivity contribution is 0.922. The molecule has 0 aliphatic heterocycles. The van der Waals surface area contributed by atoms with E-state index in [0.29, 0.717) is 0 Å². The summed E-state index contributed by atoms with van der Waals surface area (Å²) in [7, 11) is 0. The summed E-state index contributed by atoms with van der Waals surface area (Å²) in [5.41, 5.74) is 0. The molecule has 0 N–H and O–H groups in total. The summed E-state index contributed by atoms with van der Waals surface area (Å²) >= 11 is 3.65. The molecule has 0 amide bonds. The second-order valence-electron chi connectivity index (χ2n) is 1.67. The molecule has 49 valence electrons. The Balaban J connectivity index is 3.58. The number of thioether (sulfide) groups is 2. The third kappa shape index (κ3) is 2.31. The van der Waals surface area contributed by atoms with Gasteiger partial charge < -0.3 is 0 Å². The first-order valence-corrected chi connectivity index (χ1v) is 5.09. The van der Waals surface area contributed by atoms with Gasteiger partial charge in [0.25, 0.3) is 0 Å². The molecule has 1 radical (unpaired) electrons. The van der Waals surface area contributed by atoms with Crippen molar-refractivity contribution in [3.05, 3.63) is 6.92 Å². The Labute approximate surface area is 60.8 Å². The van der Waals surface area contributed by atoms with E-state index >= 15 is 0 Å². The molecule has 0 bridgehead atoms. The van der Waals surface area contributed by atoms with Crippen molar-refractivity contribution in [1.29, 1.82) is 0 Å². The fraction of sp³-hybridized carbons (Fsp3) is 0.833. The summed E-state index contributed by atoms with van der Waals surface area (Å²) in [4.78, 5) is 0. The van der Waals surface area contributed by atoms with Gasteiger partial charge in [0.15, 0.2) is 0 Å². The average Bonchev–Trinajstić information content (AvgIpc) is 1.87. The maximum Gasteiger partial charge on any atom is 0.0603 e. The Morgan fingerprint density at radius 3 is 1.75 bits per heavy atom. The first-order valence-electron chi connectivity index (χ1n) is 2.64. The molecule has 0 rings (SSSR count). The SMILES string of the molecule is [CH2]C(CC)(SC)SC. The summed E-state index contributed by atoms with van der Waals surface area (Å²) < 4.78 is 0.208. The number of hydrogen-bond donors (Lipinski definition) is 0. The molecule has 0 spiro atoms. The zero-order valence-electron chi connectivity index (χ0n) is 5.73. The van der Waals surface area contributed by atoms with Gasteiger partial charge in [-0.25, -0.2) is 0 Å². The van der Waals surface area contributed by atoms with Gasteiger partial charge in [-0.05, 0) is 25.9 Å². The summed E-state index contributed by atoms with van der Waals surface area (Å²) in [6.07, 6.45) is 5.34. The highest BCUT2D eigenvalue weighted by molar-refractivity contribution is 8.17. The molecule has 8 heavy (non-hydrogen) atoms. The molecular weight excluding hydrogens is 136 g/mol. The fourth-order valence-electron chi connectivity index (χ4n) is 0.372. The van der Waals surface area contributed by atoms with Crippen LogP contribution in [0.3, 0.4) is 0 Å². The van der Waals surface area contributed by atoms with Crippen LogP contribution in [0.25, 0.3) is 0 Å². The van der Waals surface area contributed by atoms with Gasteiger partial charge in [0.2, 0.25) is 0 Å². The lowest BCUT2D eigenvalue weighted by atomic mass is 10.4. The van der Waals surface area contributed by atoms with Gasteiger partial charge in [-0.2, -0.15) is 0 Å². The highest BCUT2D eigenvalue weighted by Gasteiger charge is 2.17. The fourth-order valence-corrected chi connectivity index (χ4v) is 1.62. The van der Waals surface area contributed by atoms with E-state index in [1.54, 1.807) is 0 Å². The van der Waals surface area contributed by atoms with Crippen LogP contribution in [0.15, 0.2) is 0 Å². The van der Waals surface area contributed by atoms with Gasteiger partial charge in [0, 0.05) is 0 Å². The highest BCUT2D eigenvalue weighted by Crippen LogP contribution is 2.35. The summed E-state index contributed by atoms with van der Waals surface area (Å²) in [5, 5.41) is 0. The average molecular weight is 149 g/mol. The van der Waals surface area contributed by atoms with Crippen molar-refractivity contribution in [3.63, 3.8) is 0 Å². The monoisotopic (exact) mass is 149 g/mol. The largest absolute Gasteiger partial charge is 0.148 e. The molecule has 0 fully saturated rings. The van der Waals surface area contributed by atoms with E-state index in [9.17, 15) is 0 Å². The molecular formula is C6H13S2. The van der Waals surface area contributed by atoms with Crippen LogP contribution in [0.1, 0.15) is 13.3 Å². The van der Waals surface area contributed by atoms with Crippen molar-refractivity contribution in [2.24, 2.45) is 0 Å². The van der Waals surface area contributed by atoms with E-state index in [2.05, 4.69) is 26.4 Å². The zero-order valence-corrected chi connectivity index (χ0v) is 7.36. The molecule has 0 aromatic heterocycles. The van der Waals surface area contributed by atoms with Crippen LogP contribution >= 0.6 is 23.5 Å². The Hall–Kier alpha value is 0.700. The Morgan fingerprint density at radius 2 is 1.75 bits per heavy atom. The van der Waals surface area contributed by atoms with Crippen LogP contribution < -0.4 is 0 Å². The van der Waals surface area contributed by atoms with Crippen molar-refractivity contribution < 1.29 is 0 Å². The maximum atomic E-state index is 4.05. The minimum absolute atomic E-state index is 0.208. The van der Waals surface area contributed by atoms with Crippen LogP contribution in [0.2, 0.25) is 0 Å². The van der Waals surface area contributed by atoms with Crippen molar-refractivity contribution in [1.82, 2.24) is 0 Å². The minimum Gasteiger partial charge on any atom is -0.148 e. The summed E-state index contributed by atoms with van der Waals surface area (Å²) in [6, 6.07) is 0. The van der Waals surface area contributed by atoms with Crippen molar-refractivity contribution >= 4 is 23.5 Å². The molecule has 0 nitrogen and oxygen atoms in total. The molecule has 0 aliphatic rings. The quantitative estimate of drug-likeness (QED) is 0.566. The first-order chi connectivity index (χ1) is 3.68. The lowest BCUT2D eigenvalue weighted by Crippen LogP contribution is -2.11. The van der Waals surface area contributed by atoms with Crippen molar-refractivity contribution in [2.75, 3.05) is 12.5 Å².